The van der Waals surface area contributed by atoms with Crippen LogP contribution >= 0.6 is 0 Å². The number of hydrogen-bond donors (Lipinski definition) is 0. The topological polar surface area (TPSA) is 0 Å². The number of halogens is 1. The predicted molar refractivity (Wildman–Crippen MR) is 11.0 cm³/mol. The molecular weight excluding hydrogens is 473 g/mol. The first-order chi connectivity index (χ1) is 2.00. The molecule has 0 saturated carbocycles. The Labute approximate surface area is 48.1 Å². The van der Waals surface area contributed by atoms with Crippen LogP contribution < -0.4 is 0 Å². The van der Waals surface area contributed by atoms with E-state index in [1.54, 1.807) is 0 Å². The predicted octanol–water partition coefficient (Wildman–Crippen LogP) is -0.764. The summed E-state index contributed by atoms with van der Waals surface area (Å²) in [5, 5.41) is 0. The van der Waals surface area contributed by atoms with Crippen molar-refractivity contribution in [2.24, 2.45) is 0 Å². The molecule has 0 aromatic heterocycles. The monoisotopic (exact) mass is 475 g/mol. The van der Waals surface area contributed by atoms with Crippen molar-refractivity contribution in [2.75, 3.05) is 0 Å². The van der Waals surface area contributed by atoms with E-state index in [0.29, 0.717) is 0 Å². The van der Waals surface area contributed by atoms with E-state index in [1.165, 1.54) is 11.0 Å². The SMILES string of the molecule is [F][Er].[SiH3][No]. The van der Waals surface area contributed by atoms with Crippen LogP contribution in [0, 0.1) is 36.1 Å². The third-order valence-corrected chi connectivity index (χ3v) is 0. The minimum absolute atomic E-state index is 0.917. The molecule has 0 fully saturated rings. The fraction of sp³-hybridized carbons (Fsp3) is 0. The Morgan fingerprint density at radius 2 is 1.50 bits per heavy atom. The second-order valence-corrected chi connectivity index (χ2v) is 0. The van der Waals surface area contributed by atoms with Crippen LogP contribution in [0.5, 0.6) is 0 Å². The zero-order valence-corrected chi connectivity index (χ0v) is 8.01. The van der Waals surface area contributed by atoms with E-state index in [1.807, 2.05) is 0 Å². The van der Waals surface area contributed by atoms with E-state index in [0.717, 1.165) is 36.1 Å². The van der Waals surface area contributed by atoms with Gasteiger partial charge in [0, 0.05) is 0 Å². The molecule has 0 aliphatic heterocycles. The molecule has 0 unspecified atom stereocenters. The molecule has 0 heterocycles. The molecule has 0 spiro atoms. The fourth-order valence-electron chi connectivity index (χ4n) is 0. The van der Waals surface area contributed by atoms with Gasteiger partial charge in [-0.1, -0.05) is 0 Å². The van der Waals surface area contributed by atoms with Crippen molar-refractivity contribution in [2.45, 2.75) is 0 Å². The Kier molecular flexibility index (Phi) is 277. The van der Waals surface area contributed by atoms with Crippen molar-refractivity contribution in [1.29, 1.82) is 0 Å². The van der Waals surface area contributed by atoms with Gasteiger partial charge in [0.2, 0.25) is 0 Å². The van der Waals surface area contributed by atoms with Gasteiger partial charge in [-0.15, -0.1) is 0 Å². The van der Waals surface area contributed by atoms with Crippen molar-refractivity contribution in [3.05, 3.63) is 0 Å². The molecule has 0 amide bonds. The van der Waals surface area contributed by atoms with Crippen LogP contribution in [0.3, 0.4) is 0 Å². The van der Waals surface area contributed by atoms with Crippen molar-refractivity contribution in [3.63, 3.8) is 0 Å². The van der Waals surface area contributed by atoms with Crippen LogP contribution in [0.4, 0.5) is 1.41 Å². The van der Waals surface area contributed by atoms with Gasteiger partial charge >= 0.3 is 48.5 Å². The Hall–Kier alpha value is 0.394. The second-order valence-electron chi connectivity index (χ2n) is 0. The van der Waals surface area contributed by atoms with E-state index >= 15 is 0 Å². The molecule has 0 saturated heterocycles. The van der Waals surface area contributed by atoms with E-state index in [-0.39, 0.29) is 0 Å². The van der Waals surface area contributed by atoms with Gasteiger partial charge in [-0.25, -0.2) is 0 Å². The average Bonchev–Trinajstić information content (AvgIpc) is 1.50. The van der Waals surface area contributed by atoms with Gasteiger partial charge in [0.05, 0.1) is 0 Å². The first-order valence-corrected chi connectivity index (χ1v) is 8.29. The minimum atomic E-state index is 0.917. The summed E-state index contributed by atoms with van der Waals surface area (Å²) in [6, 6.07) is 0. The molecule has 0 aliphatic carbocycles. The maximum absolute atomic E-state index is 9.42. The van der Waals surface area contributed by atoms with Crippen molar-refractivity contribution in [3.8, 4) is 0 Å². The van der Waals surface area contributed by atoms with Gasteiger partial charge < -0.3 is 0 Å². The molecule has 0 aromatic rings. The normalized spacial score (nSPS) is 4.25. The molecule has 0 bridgehead atoms. The van der Waals surface area contributed by atoms with E-state index in [2.05, 4.69) is 0 Å². The molecule has 0 rings (SSSR count). The molecule has 0 aliphatic rings. The van der Waals surface area contributed by atoms with Crippen LogP contribution in [-0.2, 0) is 0 Å². The molecule has 0 N–H and O–H groups in total. The van der Waals surface area contributed by atoms with Crippen molar-refractivity contribution in [1.82, 2.24) is 0 Å². The quantitative estimate of drug-likeness (QED) is 0.404. The fourth-order valence-corrected chi connectivity index (χ4v) is 0. The standard InChI is InChI=1S/Er.FH.No.H3Si/h;1H;;1H3/q+1;;;/p-1. The molecule has 40 valence electrons. The third-order valence-electron chi connectivity index (χ3n) is 0. The second kappa shape index (κ2) is 125. The van der Waals surface area contributed by atoms with Gasteiger partial charge in [0.1, 0.15) is 0 Å². The Balaban J connectivity index is 0. The third kappa shape index (κ3) is 30.0. The molecule has 0 nitrogen and oxygen atoms in total. The van der Waals surface area contributed by atoms with E-state index in [4.69, 9.17) is 0 Å². The first kappa shape index (κ1) is 8.83. The van der Waals surface area contributed by atoms with Gasteiger partial charge in [0.15, 0.2) is 0 Å². The van der Waals surface area contributed by atoms with Gasteiger partial charge in [-0.3, -0.25) is 0 Å². The summed E-state index contributed by atoms with van der Waals surface area (Å²) in [6.45, 7) is 0. The zero-order valence-electron chi connectivity index (χ0n) is 1.93. The Bertz CT molecular complexity index is 8.00. The van der Waals surface area contributed by atoms with Gasteiger partial charge in [-0.2, -0.15) is 0 Å². The molecule has 4 heteroatoms. The zero-order chi connectivity index (χ0) is 4.00. The van der Waals surface area contributed by atoms with E-state index < -0.39 is 0 Å². The van der Waals surface area contributed by atoms with Crippen LogP contribution in [0.15, 0.2) is 0 Å². The summed E-state index contributed by atoms with van der Waals surface area (Å²) in [5.74, 6) is 0. The summed E-state index contributed by atoms with van der Waals surface area (Å²) >= 11 is 0.917. The molecule has 0 aromatic carbocycles. The maximum atomic E-state index is 9.42. The number of hydrogen-bond acceptors (Lipinski definition) is 0. The van der Waals surface area contributed by atoms with Crippen molar-refractivity contribution < 1.29 is 37.6 Å². The molecule has 0 radical (unpaired) electrons. The van der Waals surface area contributed by atoms with Crippen LogP contribution in [0.2, 0.25) is 0 Å². The molecular formula is H3ErFNoSi. The molecule has 0 atom stereocenters. The summed E-state index contributed by atoms with van der Waals surface area (Å²) < 4.78 is 11.7. The summed E-state index contributed by atoms with van der Waals surface area (Å²) in [4.78, 5) is 0. The van der Waals surface area contributed by atoms with Gasteiger partial charge in [-0.05, 0) is 0 Å². The number of rotatable bonds is 0. The first-order valence-electron chi connectivity index (χ1n) is 0.376. The van der Waals surface area contributed by atoms with Crippen molar-refractivity contribution >= 4 is 11.0 Å². The Morgan fingerprint density at radius 3 is 1.50 bits per heavy atom. The van der Waals surface area contributed by atoms with Crippen LogP contribution in [0.1, 0.15) is 0 Å². The summed E-state index contributed by atoms with van der Waals surface area (Å²) in [6.07, 6.45) is 0. The van der Waals surface area contributed by atoms with Crippen LogP contribution in [0.25, 0.3) is 0 Å². The van der Waals surface area contributed by atoms with E-state index in [9.17, 15) is 1.41 Å². The molecule has 4 heavy (non-hydrogen) atoms. The average molecular weight is 476 g/mol. The summed E-state index contributed by atoms with van der Waals surface area (Å²) in [7, 11) is 1.27. The Morgan fingerprint density at radius 1 is 1.50 bits per heavy atom. The summed E-state index contributed by atoms with van der Waals surface area (Å²) in [5.41, 5.74) is 0. The van der Waals surface area contributed by atoms with Crippen LogP contribution in [-0.4, -0.2) is 11.0 Å². The van der Waals surface area contributed by atoms with Gasteiger partial charge in [0.25, 0.3) is 0 Å².